The number of halogens is 1. The number of nitrogens with zero attached hydrogens (tertiary/aromatic N) is 4. The molecular formula is C19H15ClN4. The summed E-state index contributed by atoms with van der Waals surface area (Å²) in [5, 5.41) is 15.1. The standard InChI is InChI=1S/C19H15ClN4/c1-12-3-5-14(6-4-12)19-17-11-24(16-9-7-15(20)8-10-16)23-18(17)13(2)21-22-19/h3-11H,1-2H3. The first-order chi connectivity index (χ1) is 11.6. The molecule has 0 N–H and O–H groups in total. The van der Waals surface area contributed by atoms with Crippen LogP contribution in [0.15, 0.2) is 54.7 Å². The van der Waals surface area contributed by atoms with E-state index >= 15 is 0 Å². The molecule has 0 saturated carbocycles. The highest BCUT2D eigenvalue weighted by Crippen LogP contribution is 2.28. The number of hydrogen-bond acceptors (Lipinski definition) is 3. The van der Waals surface area contributed by atoms with Crippen molar-refractivity contribution >= 4 is 22.5 Å². The first-order valence-corrected chi connectivity index (χ1v) is 8.05. The fraction of sp³-hybridized carbons (Fsp3) is 0.105. The zero-order valence-electron chi connectivity index (χ0n) is 13.4. The molecule has 0 aliphatic rings. The van der Waals surface area contributed by atoms with Crippen molar-refractivity contribution in [2.45, 2.75) is 13.8 Å². The SMILES string of the molecule is Cc1ccc(-c2nnc(C)c3nn(-c4ccc(Cl)cc4)cc23)cc1. The van der Waals surface area contributed by atoms with Gasteiger partial charge in [0.25, 0.3) is 0 Å². The van der Waals surface area contributed by atoms with Gasteiger partial charge in [0.05, 0.1) is 16.8 Å². The zero-order chi connectivity index (χ0) is 16.7. The molecule has 0 spiro atoms. The van der Waals surface area contributed by atoms with E-state index in [4.69, 9.17) is 11.6 Å². The second-order valence-corrected chi connectivity index (χ2v) is 6.25. The van der Waals surface area contributed by atoms with E-state index in [-0.39, 0.29) is 0 Å². The molecule has 0 aliphatic carbocycles. The van der Waals surface area contributed by atoms with Crippen molar-refractivity contribution in [1.82, 2.24) is 20.0 Å². The maximum absolute atomic E-state index is 5.97. The number of fused-ring (bicyclic) bond motifs is 1. The van der Waals surface area contributed by atoms with Crippen molar-refractivity contribution in [3.63, 3.8) is 0 Å². The van der Waals surface area contributed by atoms with Gasteiger partial charge < -0.3 is 0 Å². The summed E-state index contributed by atoms with van der Waals surface area (Å²) in [5.41, 5.74) is 5.71. The van der Waals surface area contributed by atoms with Crippen LogP contribution in [-0.2, 0) is 0 Å². The fourth-order valence-corrected chi connectivity index (χ4v) is 2.82. The average molecular weight is 335 g/mol. The maximum atomic E-state index is 5.97. The lowest BCUT2D eigenvalue weighted by Crippen LogP contribution is -1.94. The Labute approximate surface area is 144 Å². The Bertz CT molecular complexity index is 1020. The Kier molecular flexibility index (Phi) is 3.54. The molecular weight excluding hydrogens is 320 g/mol. The van der Waals surface area contributed by atoms with Gasteiger partial charge in [0, 0.05) is 16.8 Å². The molecule has 4 aromatic rings. The maximum Gasteiger partial charge on any atom is 0.118 e. The van der Waals surface area contributed by atoms with E-state index in [1.165, 1.54) is 5.56 Å². The van der Waals surface area contributed by atoms with E-state index in [0.717, 1.165) is 33.5 Å². The summed E-state index contributed by atoms with van der Waals surface area (Å²) in [5.74, 6) is 0. The lowest BCUT2D eigenvalue weighted by molar-refractivity contribution is 0.891. The first kappa shape index (κ1) is 14.8. The van der Waals surface area contributed by atoms with E-state index in [9.17, 15) is 0 Å². The lowest BCUT2D eigenvalue weighted by atomic mass is 10.1. The summed E-state index contributed by atoms with van der Waals surface area (Å²) < 4.78 is 1.84. The van der Waals surface area contributed by atoms with Gasteiger partial charge in [0.2, 0.25) is 0 Å². The second kappa shape index (κ2) is 5.73. The molecule has 2 heterocycles. The topological polar surface area (TPSA) is 43.6 Å². The van der Waals surface area contributed by atoms with Crippen molar-refractivity contribution in [2.75, 3.05) is 0 Å². The van der Waals surface area contributed by atoms with E-state index in [0.29, 0.717) is 5.02 Å². The van der Waals surface area contributed by atoms with Crippen molar-refractivity contribution < 1.29 is 0 Å². The average Bonchev–Trinajstić information content (AvgIpc) is 3.03. The minimum atomic E-state index is 0.704. The van der Waals surface area contributed by atoms with E-state index in [2.05, 4.69) is 46.5 Å². The predicted molar refractivity (Wildman–Crippen MR) is 96.6 cm³/mol. The number of rotatable bonds is 2. The number of aryl methyl sites for hydroxylation is 2. The van der Waals surface area contributed by atoms with Crippen LogP contribution >= 0.6 is 11.6 Å². The predicted octanol–water partition coefficient (Wildman–Crippen LogP) is 4.75. The smallest absolute Gasteiger partial charge is 0.118 e. The van der Waals surface area contributed by atoms with Gasteiger partial charge in [-0.25, -0.2) is 4.68 Å². The molecule has 0 bridgehead atoms. The summed E-state index contributed by atoms with van der Waals surface area (Å²) in [4.78, 5) is 0. The molecule has 4 rings (SSSR count). The van der Waals surface area contributed by atoms with Crippen LogP contribution in [0.25, 0.3) is 27.8 Å². The van der Waals surface area contributed by atoms with Crippen LogP contribution < -0.4 is 0 Å². The Morgan fingerprint density at radius 2 is 1.58 bits per heavy atom. The highest BCUT2D eigenvalue weighted by Gasteiger charge is 2.13. The van der Waals surface area contributed by atoms with E-state index in [1.54, 1.807) is 0 Å². The third-order valence-electron chi connectivity index (χ3n) is 4.03. The Morgan fingerprint density at radius 3 is 2.29 bits per heavy atom. The molecule has 24 heavy (non-hydrogen) atoms. The van der Waals surface area contributed by atoms with Crippen LogP contribution in [-0.4, -0.2) is 20.0 Å². The van der Waals surface area contributed by atoms with E-state index < -0.39 is 0 Å². The number of benzene rings is 2. The minimum Gasteiger partial charge on any atom is -0.240 e. The lowest BCUT2D eigenvalue weighted by Gasteiger charge is -2.02. The van der Waals surface area contributed by atoms with Gasteiger partial charge in [0.1, 0.15) is 11.2 Å². The van der Waals surface area contributed by atoms with Gasteiger partial charge in [-0.05, 0) is 38.1 Å². The monoisotopic (exact) mass is 334 g/mol. The Morgan fingerprint density at radius 1 is 0.875 bits per heavy atom. The summed E-state index contributed by atoms with van der Waals surface area (Å²) in [7, 11) is 0. The van der Waals surface area contributed by atoms with Crippen LogP contribution in [0.2, 0.25) is 5.02 Å². The van der Waals surface area contributed by atoms with Crippen molar-refractivity contribution in [3.8, 4) is 16.9 Å². The van der Waals surface area contributed by atoms with Crippen LogP contribution in [0.5, 0.6) is 0 Å². The molecule has 4 nitrogen and oxygen atoms in total. The van der Waals surface area contributed by atoms with Gasteiger partial charge in [-0.3, -0.25) is 0 Å². The molecule has 2 aromatic carbocycles. The quantitative estimate of drug-likeness (QED) is 0.531. The van der Waals surface area contributed by atoms with Crippen LogP contribution in [0, 0.1) is 13.8 Å². The molecule has 0 aliphatic heterocycles. The molecule has 5 heteroatoms. The van der Waals surface area contributed by atoms with Crippen LogP contribution in [0.4, 0.5) is 0 Å². The van der Waals surface area contributed by atoms with Gasteiger partial charge >= 0.3 is 0 Å². The summed E-state index contributed by atoms with van der Waals surface area (Å²) in [6.45, 7) is 3.99. The molecule has 2 aromatic heterocycles. The molecule has 118 valence electrons. The molecule has 0 atom stereocenters. The minimum absolute atomic E-state index is 0.704. The molecule has 0 saturated heterocycles. The molecule has 0 radical (unpaired) electrons. The third kappa shape index (κ3) is 2.55. The fourth-order valence-electron chi connectivity index (χ4n) is 2.69. The van der Waals surface area contributed by atoms with Gasteiger partial charge in [0.15, 0.2) is 0 Å². The Balaban J connectivity index is 1.92. The number of hydrogen-bond donors (Lipinski definition) is 0. The molecule has 0 amide bonds. The summed E-state index contributed by atoms with van der Waals surface area (Å²) in [6, 6.07) is 15.9. The van der Waals surface area contributed by atoms with Gasteiger partial charge in [-0.1, -0.05) is 41.4 Å². The van der Waals surface area contributed by atoms with E-state index in [1.807, 2.05) is 42.1 Å². The van der Waals surface area contributed by atoms with Gasteiger partial charge in [-0.15, -0.1) is 5.10 Å². The van der Waals surface area contributed by atoms with Gasteiger partial charge in [-0.2, -0.15) is 10.2 Å². The van der Waals surface area contributed by atoms with Crippen molar-refractivity contribution in [2.24, 2.45) is 0 Å². The normalized spacial score (nSPS) is 11.1. The van der Waals surface area contributed by atoms with Crippen molar-refractivity contribution in [1.29, 1.82) is 0 Å². The first-order valence-electron chi connectivity index (χ1n) is 7.67. The van der Waals surface area contributed by atoms with Crippen LogP contribution in [0.1, 0.15) is 11.3 Å². The summed E-state index contributed by atoms with van der Waals surface area (Å²) in [6.07, 6.45) is 2.00. The largest absolute Gasteiger partial charge is 0.240 e. The highest BCUT2D eigenvalue weighted by molar-refractivity contribution is 6.30. The zero-order valence-corrected chi connectivity index (χ0v) is 14.1. The molecule has 0 fully saturated rings. The van der Waals surface area contributed by atoms with Crippen molar-refractivity contribution in [3.05, 3.63) is 71.0 Å². The second-order valence-electron chi connectivity index (χ2n) is 5.81. The Hall–Kier alpha value is -2.72. The highest BCUT2D eigenvalue weighted by atomic mass is 35.5. The molecule has 0 unspecified atom stereocenters. The van der Waals surface area contributed by atoms with Crippen LogP contribution in [0.3, 0.4) is 0 Å². The third-order valence-corrected chi connectivity index (χ3v) is 4.28. The number of aromatic nitrogens is 4. The summed E-state index contributed by atoms with van der Waals surface area (Å²) >= 11 is 5.97.